The molecular weight excluding hydrogens is 381 g/mol. The molecule has 1 aromatic carbocycles. The van der Waals surface area contributed by atoms with Gasteiger partial charge in [0.05, 0.1) is 6.61 Å². The Morgan fingerprint density at radius 2 is 2.03 bits per heavy atom. The van der Waals surface area contributed by atoms with Crippen LogP contribution in [-0.4, -0.2) is 37.3 Å². The molecule has 162 valence electrons. The van der Waals surface area contributed by atoms with Crippen LogP contribution in [0.25, 0.3) is 0 Å². The van der Waals surface area contributed by atoms with E-state index in [2.05, 4.69) is 21.7 Å². The first kappa shape index (κ1) is 21.1. The second-order valence-corrected chi connectivity index (χ2v) is 8.23. The van der Waals surface area contributed by atoms with E-state index in [9.17, 15) is 4.39 Å². The van der Waals surface area contributed by atoms with Crippen LogP contribution in [0.5, 0.6) is 11.5 Å². The summed E-state index contributed by atoms with van der Waals surface area (Å²) in [5.74, 6) is 2.21. The number of nitrogens with one attached hydrogen (secondary N) is 2. The number of ether oxygens (including phenoxy) is 2. The third-order valence-electron chi connectivity index (χ3n) is 6.13. The first-order valence-corrected chi connectivity index (χ1v) is 11.2. The molecule has 4 rings (SSSR count). The fourth-order valence-electron chi connectivity index (χ4n) is 4.33. The monoisotopic (exact) mass is 413 g/mol. The van der Waals surface area contributed by atoms with Crippen molar-refractivity contribution in [2.24, 2.45) is 5.92 Å². The molecule has 2 fully saturated rings. The van der Waals surface area contributed by atoms with Crippen LogP contribution < -0.4 is 20.1 Å². The lowest BCUT2D eigenvalue weighted by molar-refractivity contribution is 0.262. The number of benzene rings is 1. The van der Waals surface area contributed by atoms with Gasteiger partial charge in [0.2, 0.25) is 5.95 Å². The van der Waals surface area contributed by atoms with E-state index in [0.29, 0.717) is 24.1 Å². The minimum Gasteiger partial charge on any atom is -0.490 e. The minimum atomic E-state index is -0.489. The van der Waals surface area contributed by atoms with Crippen molar-refractivity contribution < 1.29 is 13.9 Å². The van der Waals surface area contributed by atoms with Crippen molar-refractivity contribution in [3.05, 3.63) is 53.6 Å². The fourth-order valence-corrected chi connectivity index (χ4v) is 4.33. The third-order valence-corrected chi connectivity index (χ3v) is 6.13. The highest BCUT2D eigenvalue weighted by molar-refractivity contribution is 5.51. The molecule has 0 spiro atoms. The highest BCUT2D eigenvalue weighted by Gasteiger charge is 2.40. The van der Waals surface area contributed by atoms with E-state index in [1.165, 1.54) is 25.5 Å². The van der Waals surface area contributed by atoms with E-state index < -0.39 is 5.95 Å². The van der Waals surface area contributed by atoms with Gasteiger partial charge >= 0.3 is 0 Å². The molecule has 30 heavy (non-hydrogen) atoms. The lowest BCUT2D eigenvalue weighted by atomic mass is 9.95. The average molecular weight is 414 g/mol. The van der Waals surface area contributed by atoms with Crippen LogP contribution in [0.15, 0.2) is 36.5 Å². The normalized spacial score (nSPS) is 21.4. The second-order valence-electron chi connectivity index (χ2n) is 8.23. The van der Waals surface area contributed by atoms with Crippen LogP contribution in [0.3, 0.4) is 0 Å². The molecule has 1 aliphatic heterocycles. The summed E-state index contributed by atoms with van der Waals surface area (Å²) in [5.41, 5.74) is 1.59. The summed E-state index contributed by atoms with van der Waals surface area (Å²) in [5, 5.41) is 7.16. The number of hydrogen-bond acceptors (Lipinski definition) is 5. The Kier molecular flexibility index (Phi) is 7.18. The van der Waals surface area contributed by atoms with E-state index in [1.807, 2.05) is 19.1 Å². The van der Waals surface area contributed by atoms with E-state index in [1.54, 1.807) is 12.1 Å². The van der Waals surface area contributed by atoms with Crippen LogP contribution in [-0.2, 0) is 6.61 Å². The predicted molar refractivity (Wildman–Crippen MR) is 115 cm³/mol. The minimum absolute atomic E-state index is 0.136. The Bertz CT molecular complexity index is 826. The number of aromatic nitrogens is 1. The Morgan fingerprint density at radius 1 is 1.17 bits per heavy atom. The molecular formula is C24H32FN3O2. The third kappa shape index (κ3) is 5.29. The SMILES string of the molecule is CCOc1cccc([C@@H]2C[C@H]2NCCC2CCNCC2)c1OCc1cccnc1F. The molecule has 5 nitrogen and oxygen atoms in total. The lowest BCUT2D eigenvalue weighted by Gasteiger charge is -2.22. The van der Waals surface area contributed by atoms with E-state index >= 15 is 0 Å². The summed E-state index contributed by atoms with van der Waals surface area (Å²) in [6.07, 6.45) is 6.36. The zero-order valence-corrected chi connectivity index (χ0v) is 17.7. The number of piperidine rings is 1. The Morgan fingerprint density at radius 3 is 2.83 bits per heavy atom. The summed E-state index contributed by atoms with van der Waals surface area (Å²) >= 11 is 0. The standard InChI is InChI=1S/C24H32FN3O2/c1-2-29-22-7-3-6-19(23(22)30-16-18-5-4-11-28-24(18)25)20-15-21(20)27-14-10-17-8-12-26-13-9-17/h3-7,11,17,20-21,26-27H,2,8-10,12-16H2,1H3/t20-,21+/m0/s1. The maximum absolute atomic E-state index is 13.9. The first-order chi connectivity index (χ1) is 14.8. The van der Waals surface area contributed by atoms with Gasteiger partial charge in [-0.2, -0.15) is 4.39 Å². The van der Waals surface area contributed by atoms with Crippen LogP contribution in [0, 0.1) is 11.9 Å². The molecule has 0 amide bonds. The summed E-state index contributed by atoms with van der Waals surface area (Å²) in [4.78, 5) is 3.71. The molecule has 6 heteroatoms. The van der Waals surface area contributed by atoms with Crippen molar-refractivity contribution in [3.8, 4) is 11.5 Å². The van der Waals surface area contributed by atoms with Crippen molar-refractivity contribution in [1.82, 2.24) is 15.6 Å². The summed E-state index contributed by atoms with van der Waals surface area (Å²) in [6.45, 7) is 6.02. The van der Waals surface area contributed by atoms with E-state index in [4.69, 9.17) is 9.47 Å². The van der Waals surface area contributed by atoms with E-state index in [0.717, 1.165) is 49.0 Å². The van der Waals surface area contributed by atoms with Gasteiger partial charge in [-0.3, -0.25) is 0 Å². The summed E-state index contributed by atoms with van der Waals surface area (Å²) < 4.78 is 25.8. The average Bonchev–Trinajstić information content (AvgIpc) is 3.54. The number of hydrogen-bond donors (Lipinski definition) is 2. The van der Waals surface area contributed by atoms with Gasteiger partial charge in [-0.05, 0) is 76.4 Å². The van der Waals surface area contributed by atoms with E-state index in [-0.39, 0.29) is 6.61 Å². The molecule has 1 saturated heterocycles. The molecule has 2 aromatic rings. The van der Waals surface area contributed by atoms with Crippen LogP contribution in [0.1, 0.15) is 49.7 Å². The quantitative estimate of drug-likeness (QED) is 0.576. The van der Waals surface area contributed by atoms with Gasteiger partial charge < -0.3 is 20.1 Å². The molecule has 0 radical (unpaired) electrons. The summed E-state index contributed by atoms with van der Waals surface area (Å²) in [6, 6.07) is 9.94. The van der Waals surface area contributed by atoms with Crippen LogP contribution >= 0.6 is 0 Å². The number of para-hydroxylation sites is 1. The first-order valence-electron chi connectivity index (χ1n) is 11.2. The molecule has 1 aromatic heterocycles. The Labute approximate surface area is 178 Å². The van der Waals surface area contributed by atoms with Gasteiger partial charge in [-0.25, -0.2) is 4.98 Å². The predicted octanol–water partition coefficient (Wildman–Crippen LogP) is 4.03. The maximum atomic E-state index is 13.9. The van der Waals surface area contributed by atoms with Crippen molar-refractivity contribution in [2.75, 3.05) is 26.2 Å². The molecule has 2 atom stereocenters. The number of pyridine rings is 1. The Hall–Kier alpha value is -2.18. The maximum Gasteiger partial charge on any atom is 0.219 e. The molecule has 0 bridgehead atoms. The van der Waals surface area contributed by atoms with Crippen molar-refractivity contribution in [2.45, 2.75) is 51.2 Å². The molecule has 1 aliphatic carbocycles. The molecule has 2 N–H and O–H groups in total. The van der Waals surface area contributed by atoms with Gasteiger partial charge in [-0.1, -0.05) is 12.1 Å². The molecule has 2 aliphatic rings. The van der Waals surface area contributed by atoms with Crippen molar-refractivity contribution in [1.29, 1.82) is 0 Å². The smallest absolute Gasteiger partial charge is 0.219 e. The van der Waals surface area contributed by atoms with Gasteiger partial charge in [0.1, 0.15) is 6.61 Å². The van der Waals surface area contributed by atoms with Gasteiger partial charge in [0.25, 0.3) is 0 Å². The number of halogens is 1. The highest BCUT2D eigenvalue weighted by Crippen LogP contribution is 2.48. The van der Waals surface area contributed by atoms with Gasteiger partial charge in [0.15, 0.2) is 11.5 Å². The van der Waals surface area contributed by atoms with Gasteiger partial charge in [-0.15, -0.1) is 0 Å². The Balaban J connectivity index is 1.39. The number of nitrogens with zero attached hydrogens (tertiary/aromatic N) is 1. The summed E-state index contributed by atoms with van der Waals surface area (Å²) in [7, 11) is 0. The van der Waals surface area contributed by atoms with Crippen LogP contribution in [0.4, 0.5) is 4.39 Å². The van der Waals surface area contributed by atoms with Crippen LogP contribution in [0.2, 0.25) is 0 Å². The second kappa shape index (κ2) is 10.2. The van der Waals surface area contributed by atoms with Crippen molar-refractivity contribution in [3.63, 3.8) is 0 Å². The zero-order chi connectivity index (χ0) is 20.8. The topological polar surface area (TPSA) is 55.4 Å². The fraction of sp³-hybridized carbons (Fsp3) is 0.542. The largest absolute Gasteiger partial charge is 0.490 e. The molecule has 1 saturated carbocycles. The number of rotatable bonds is 10. The molecule has 2 heterocycles. The van der Waals surface area contributed by atoms with Crippen molar-refractivity contribution >= 4 is 0 Å². The molecule has 0 unspecified atom stereocenters. The lowest BCUT2D eigenvalue weighted by Crippen LogP contribution is -2.30. The van der Waals surface area contributed by atoms with Gasteiger partial charge in [0, 0.05) is 29.3 Å². The highest BCUT2D eigenvalue weighted by atomic mass is 19.1. The zero-order valence-electron chi connectivity index (χ0n) is 17.7.